The minimum absolute atomic E-state index is 0.0207. The third-order valence-electron chi connectivity index (χ3n) is 4.79. The van der Waals surface area contributed by atoms with Crippen molar-refractivity contribution in [2.45, 2.75) is 51.6 Å². The topological polar surface area (TPSA) is 107 Å². The third kappa shape index (κ3) is 3.16. The Morgan fingerprint density at radius 1 is 1.31 bits per heavy atom. The Morgan fingerprint density at radius 3 is 3.00 bits per heavy atom. The van der Waals surface area contributed by atoms with E-state index in [1.807, 2.05) is 0 Å². The van der Waals surface area contributed by atoms with Crippen molar-refractivity contribution in [2.75, 3.05) is 13.2 Å². The minimum atomic E-state index is -0.300. The molecule has 8 nitrogen and oxygen atoms in total. The predicted octanol–water partition coefficient (Wildman–Crippen LogP) is 2.31. The molecule has 138 valence electrons. The minimum Gasteiger partial charge on any atom is -0.465 e. The second-order valence-corrected chi connectivity index (χ2v) is 6.66. The molecule has 0 bridgehead atoms. The van der Waals surface area contributed by atoms with Crippen molar-refractivity contribution in [3.63, 3.8) is 0 Å². The van der Waals surface area contributed by atoms with Gasteiger partial charge in [-0.15, -0.1) is 0 Å². The van der Waals surface area contributed by atoms with Gasteiger partial charge in [0.05, 0.1) is 11.1 Å². The number of ether oxygens (including phenoxy) is 1. The van der Waals surface area contributed by atoms with Gasteiger partial charge in [-0.1, -0.05) is 5.16 Å². The number of Topliss-reactive ketones (excluding diaryl/α,β-unsaturated/α-hetero) is 1. The number of aryl methyl sites for hydroxylation is 2. The van der Waals surface area contributed by atoms with Gasteiger partial charge in [0.1, 0.15) is 17.6 Å². The normalized spacial score (nSPS) is 19.6. The van der Waals surface area contributed by atoms with Gasteiger partial charge in [0.2, 0.25) is 0 Å². The first-order chi connectivity index (χ1) is 12.6. The molecule has 4 rings (SSSR count). The van der Waals surface area contributed by atoms with E-state index in [1.165, 1.54) is 0 Å². The summed E-state index contributed by atoms with van der Waals surface area (Å²) in [6.45, 7) is 2.77. The molecule has 2 aliphatic rings. The molecule has 2 aromatic rings. The lowest BCUT2D eigenvalue weighted by atomic mass is 9.93. The molecular weight excluding hydrogens is 338 g/mol. The summed E-state index contributed by atoms with van der Waals surface area (Å²) in [5.41, 5.74) is 0.810. The first kappa shape index (κ1) is 17.0. The molecule has 0 spiro atoms. The number of aromatic nitrogens is 2. The molecule has 0 saturated carbocycles. The summed E-state index contributed by atoms with van der Waals surface area (Å²) >= 11 is 0. The van der Waals surface area contributed by atoms with Crippen LogP contribution in [0.2, 0.25) is 0 Å². The average Bonchev–Trinajstić information content (AvgIpc) is 3.33. The van der Waals surface area contributed by atoms with E-state index in [4.69, 9.17) is 13.7 Å². The number of furan rings is 1. The summed E-state index contributed by atoms with van der Waals surface area (Å²) in [7, 11) is 0. The number of carbonyl (C=O) groups is 2. The Morgan fingerprint density at radius 2 is 2.19 bits per heavy atom. The average molecular weight is 359 g/mol. The van der Waals surface area contributed by atoms with Gasteiger partial charge in [0, 0.05) is 32.4 Å². The molecule has 0 radical (unpaired) electrons. The van der Waals surface area contributed by atoms with E-state index in [9.17, 15) is 9.59 Å². The Labute approximate surface area is 150 Å². The van der Waals surface area contributed by atoms with Gasteiger partial charge in [-0.05, 0) is 26.2 Å². The van der Waals surface area contributed by atoms with Gasteiger partial charge in [-0.2, -0.15) is 4.98 Å². The van der Waals surface area contributed by atoms with Crippen LogP contribution in [-0.2, 0) is 17.6 Å². The van der Waals surface area contributed by atoms with Crippen molar-refractivity contribution in [3.8, 4) is 0 Å². The fourth-order valence-electron chi connectivity index (χ4n) is 3.53. The molecule has 1 fully saturated rings. The fourth-order valence-corrected chi connectivity index (χ4v) is 3.53. The number of carbonyl (C=O) groups excluding carboxylic acids is 2. The zero-order chi connectivity index (χ0) is 18.1. The second-order valence-electron chi connectivity index (χ2n) is 6.66. The highest BCUT2D eigenvalue weighted by atomic mass is 16.5. The largest absolute Gasteiger partial charge is 0.465 e. The zero-order valence-electron chi connectivity index (χ0n) is 14.7. The standard InChI is InChI=1S/C18H21N3O5/c1-10-15(16-11(22)4-2-5-12(16)25-10)17(23)19-8-7-14-20-18(26-21-14)13-6-3-9-24-13/h13H,2-9H2,1H3,(H,19,23)/t13-/m0/s1. The lowest BCUT2D eigenvalue weighted by Crippen LogP contribution is -2.28. The fraction of sp³-hybridized carbons (Fsp3) is 0.556. The molecule has 3 heterocycles. The first-order valence-corrected chi connectivity index (χ1v) is 9.01. The van der Waals surface area contributed by atoms with E-state index in [1.54, 1.807) is 6.92 Å². The van der Waals surface area contributed by atoms with E-state index in [0.717, 1.165) is 19.3 Å². The van der Waals surface area contributed by atoms with Gasteiger partial charge in [-0.25, -0.2) is 0 Å². The number of nitrogens with one attached hydrogen (secondary N) is 1. The van der Waals surface area contributed by atoms with Crippen LogP contribution in [0.15, 0.2) is 8.94 Å². The lowest BCUT2D eigenvalue weighted by molar-refractivity contribution is 0.0835. The number of fused-ring (bicyclic) bond motifs is 1. The predicted molar refractivity (Wildman–Crippen MR) is 89.0 cm³/mol. The Hall–Kier alpha value is -2.48. The van der Waals surface area contributed by atoms with Crippen LogP contribution in [0.4, 0.5) is 0 Å². The van der Waals surface area contributed by atoms with Crippen LogP contribution >= 0.6 is 0 Å². The van der Waals surface area contributed by atoms with Gasteiger partial charge in [-0.3, -0.25) is 9.59 Å². The second kappa shape index (κ2) is 7.03. The molecule has 1 aliphatic carbocycles. The first-order valence-electron chi connectivity index (χ1n) is 9.01. The highest BCUT2D eigenvalue weighted by Crippen LogP contribution is 2.29. The number of hydrogen-bond donors (Lipinski definition) is 1. The maximum absolute atomic E-state index is 12.5. The molecule has 8 heteroatoms. The van der Waals surface area contributed by atoms with Crippen LogP contribution in [0.25, 0.3) is 0 Å². The van der Waals surface area contributed by atoms with Gasteiger partial charge < -0.3 is 19.0 Å². The summed E-state index contributed by atoms with van der Waals surface area (Å²) in [4.78, 5) is 29.0. The number of rotatable bonds is 5. The molecule has 26 heavy (non-hydrogen) atoms. The third-order valence-corrected chi connectivity index (χ3v) is 4.79. The summed E-state index contributed by atoms with van der Waals surface area (Å²) in [6.07, 6.45) is 4.13. The van der Waals surface area contributed by atoms with Crippen LogP contribution in [0.5, 0.6) is 0 Å². The van der Waals surface area contributed by atoms with E-state index < -0.39 is 0 Å². The molecule has 0 aromatic carbocycles. The van der Waals surface area contributed by atoms with Crippen LogP contribution in [-0.4, -0.2) is 35.0 Å². The Kier molecular flexibility index (Phi) is 4.58. The van der Waals surface area contributed by atoms with E-state index in [-0.39, 0.29) is 17.8 Å². The summed E-state index contributed by atoms with van der Waals surface area (Å²) in [5, 5.41) is 6.75. The Balaban J connectivity index is 1.38. The van der Waals surface area contributed by atoms with E-state index in [0.29, 0.717) is 66.8 Å². The van der Waals surface area contributed by atoms with E-state index in [2.05, 4.69) is 15.5 Å². The van der Waals surface area contributed by atoms with Crippen LogP contribution < -0.4 is 5.32 Å². The maximum atomic E-state index is 12.5. The van der Waals surface area contributed by atoms with Gasteiger partial charge in [0.15, 0.2) is 11.6 Å². The summed E-state index contributed by atoms with van der Waals surface area (Å²) < 4.78 is 16.4. The molecule has 1 atom stereocenters. The number of hydrogen-bond acceptors (Lipinski definition) is 7. The van der Waals surface area contributed by atoms with Crippen molar-refractivity contribution in [3.05, 3.63) is 34.4 Å². The van der Waals surface area contributed by atoms with E-state index >= 15 is 0 Å². The van der Waals surface area contributed by atoms with Crippen LogP contribution in [0.3, 0.4) is 0 Å². The quantitative estimate of drug-likeness (QED) is 0.873. The molecule has 1 N–H and O–H groups in total. The molecule has 1 saturated heterocycles. The number of nitrogens with zero attached hydrogens (tertiary/aromatic N) is 2. The smallest absolute Gasteiger partial charge is 0.255 e. The highest BCUT2D eigenvalue weighted by molar-refractivity contribution is 6.09. The number of amides is 1. The highest BCUT2D eigenvalue weighted by Gasteiger charge is 2.30. The molecule has 1 aliphatic heterocycles. The van der Waals surface area contributed by atoms with Crippen molar-refractivity contribution >= 4 is 11.7 Å². The lowest BCUT2D eigenvalue weighted by Gasteiger charge is -2.10. The van der Waals surface area contributed by atoms with Gasteiger partial charge >= 0.3 is 0 Å². The van der Waals surface area contributed by atoms with Crippen molar-refractivity contribution < 1.29 is 23.3 Å². The maximum Gasteiger partial charge on any atom is 0.255 e. The zero-order valence-corrected chi connectivity index (χ0v) is 14.7. The number of ketones is 1. The Bertz CT molecular complexity index is 832. The molecule has 2 aromatic heterocycles. The molecule has 0 unspecified atom stereocenters. The van der Waals surface area contributed by atoms with Crippen molar-refractivity contribution in [2.24, 2.45) is 0 Å². The summed E-state index contributed by atoms with van der Waals surface area (Å²) in [5.74, 6) is 1.82. The monoisotopic (exact) mass is 359 g/mol. The van der Waals surface area contributed by atoms with Crippen molar-refractivity contribution in [1.82, 2.24) is 15.5 Å². The van der Waals surface area contributed by atoms with Crippen LogP contribution in [0.1, 0.15) is 75.7 Å². The summed E-state index contributed by atoms with van der Waals surface area (Å²) in [6, 6.07) is 0. The van der Waals surface area contributed by atoms with Gasteiger partial charge in [0.25, 0.3) is 11.8 Å². The van der Waals surface area contributed by atoms with Crippen molar-refractivity contribution in [1.29, 1.82) is 0 Å². The van der Waals surface area contributed by atoms with Crippen LogP contribution in [0, 0.1) is 6.92 Å². The molecular formula is C18H21N3O5. The SMILES string of the molecule is Cc1oc2c(c1C(=O)NCCc1noc([C@@H]3CCCO3)n1)C(=O)CCC2. The molecule has 1 amide bonds.